The monoisotopic (exact) mass is 414 g/mol. The summed E-state index contributed by atoms with van der Waals surface area (Å²) in [6, 6.07) is 16.9. The number of rotatable bonds is 7. The molecule has 142 valence electrons. The number of thioether (sulfide) groups is 1. The Morgan fingerprint density at radius 2 is 1.86 bits per heavy atom. The maximum atomic E-state index is 6.07. The highest BCUT2D eigenvalue weighted by Crippen LogP contribution is 2.33. The fourth-order valence-electron chi connectivity index (χ4n) is 2.45. The summed E-state index contributed by atoms with van der Waals surface area (Å²) in [7, 11) is 0. The molecule has 4 rings (SSSR count). The zero-order chi connectivity index (χ0) is 19.3. The lowest BCUT2D eigenvalue weighted by Gasteiger charge is -2.08. The summed E-state index contributed by atoms with van der Waals surface area (Å²) in [5, 5.41) is 20.9. The van der Waals surface area contributed by atoms with E-state index >= 15 is 0 Å². The Kier molecular flexibility index (Phi) is 5.54. The molecule has 0 bridgehead atoms. The molecule has 2 aromatic carbocycles. The van der Waals surface area contributed by atoms with E-state index in [1.54, 1.807) is 16.8 Å². The topological polar surface area (TPSA) is 91.8 Å². The summed E-state index contributed by atoms with van der Waals surface area (Å²) in [6.45, 7) is 2.10. The SMILES string of the molecule is C[C@@H](Sc1nnc(COc2ccccc2Cl)o1)c1nnnn1-c1ccccc1. The zero-order valence-electron chi connectivity index (χ0n) is 14.8. The average Bonchev–Trinajstić information content (AvgIpc) is 3.37. The molecule has 8 nitrogen and oxygen atoms in total. The molecule has 0 amide bonds. The minimum absolute atomic E-state index is 0.104. The van der Waals surface area contributed by atoms with Crippen LogP contribution in [0.3, 0.4) is 0 Å². The van der Waals surface area contributed by atoms with Crippen LogP contribution in [0.25, 0.3) is 5.69 Å². The molecule has 0 unspecified atom stereocenters. The lowest BCUT2D eigenvalue weighted by atomic mass is 10.3. The van der Waals surface area contributed by atoms with Crippen LogP contribution >= 0.6 is 23.4 Å². The second-order valence-electron chi connectivity index (χ2n) is 5.73. The highest BCUT2D eigenvalue weighted by atomic mass is 35.5. The van der Waals surface area contributed by atoms with Gasteiger partial charge in [-0.05, 0) is 41.6 Å². The van der Waals surface area contributed by atoms with Gasteiger partial charge in [0, 0.05) is 0 Å². The minimum Gasteiger partial charge on any atom is -0.482 e. The Balaban J connectivity index is 1.42. The molecule has 2 aromatic heterocycles. The van der Waals surface area contributed by atoms with Gasteiger partial charge in [0.05, 0.1) is 16.0 Å². The first-order valence-corrected chi connectivity index (χ1v) is 9.66. The van der Waals surface area contributed by atoms with E-state index in [2.05, 4.69) is 25.7 Å². The molecular formula is C18H15ClN6O2S. The van der Waals surface area contributed by atoms with E-state index in [1.165, 1.54) is 11.8 Å². The third kappa shape index (κ3) is 4.15. The first-order valence-electron chi connectivity index (χ1n) is 8.41. The molecule has 2 heterocycles. The Morgan fingerprint density at radius 1 is 1.07 bits per heavy atom. The number of aromatic nitrogens is 6. The van der Waals surface area contributed by atoms with Crippen molar-refractivity contribution in [2.75, 3.05) is 0 Å². The number of para-hydroxylation sites is 2. The van der Waals surface area contributed by atoms with Crippen LogP contribution in [-0.4, -0.2) is 30.4 Å². The highest BCUT2D eigenvalue weighted by Gasteiger charge is 2.20. The van der Waals surface area contributed by atoms with Gasteiger partial charge in [-0.2, -0.15) is 4.68 Å². The van der Waals surface area contributed by atoms with Crippen LogP contribution in [-0.2, 0) is 6.61 Å². The quantitative estimate of drug-likeness (QED) is 0.417. The van der Waals surface area contributed by atoms with E-state index in [4.69, 9.17) is 20.8 Å². The Labute approximate surface area is 169 Å². The molecule has 0 aliphatic heterocycles. The maximum Gasteiger partial charge on any atom is 0.277 e. The average molecular weight is 415 g/mol. The zero-order valence-corrected chi connectivity index (χ0v) is 16.3. The second-order valence-corrected chi connectivity index (χ2v) is 7.42. The first kappa shape index (κ1) is 18.5. The van der Waals surface area contributed by atoms with Crippen molar-refractivity contribution >= 4 is 23.4 Å². The molecule has 0 aliphatic rings. The van der Waals surface area contributed by atoms with Gasteiger partial charge in [-0.15, -0.1) is 15.3 Å². The molecule has 28 heavy (non-hydrogen) atoms. The van der Waals surface area contributed by atoms with Crippen molar-refractivity contribution in [1.82, 2.24) is 30.4 Å². The smallest absolute Gasteiger partial charge is 0.277 e. The first-order chi connectivity index (χ1) is 13.7. The number of nitrogens with zero attached hydrogens (tertiary/aromatic N) is 6. The number of benzene rings is 2. The van der Waals surface area contributed by atoms with Crippen LogP contribution in [0.2, 0.25) is 5.02 Å². The van der Waals surface area contributed by atoms with E-state index in [9.17, 15) is 0 Å². The second kappa shape index (κ2) is 8.41. The minimum atomic E-state index is -0.104. The largest absolute Gasteiger partial charge is 0.482 e. The van der Waals surface area contributed by atoms with Crippen molar-refractivity contribution in [1.29, 1.82) is 0 Å². The van der Waals surface area contributed by atoms with Crippen LogP contribution in [0.15, 0.2) is 64.2 Å². The molecule has 0 aliphatic carbocycles. The fraction of sp³-hybridized carbons (Fsp3) is 0.167. The van der Waals surface area contributed by atoms with Crippen LogP contribution in [0.4, 0.5) is 0 Å². The maximum absolute atomic E-state index is 6.07. The van der Waals surface area contributed by atoms with Gasteiger partial charge in [-0.25, -0.2) is 0 Å². The van der Waals surface area contributed by atoms with Gasteiger partial charge in [0.25, 0.3) is 11.1 Å². The van der Waals surface area contributed by atoms with Crippen molar-refractivity contribution < 1.29 is 9.15 Å². The van der Waals surface area contributed by atoms with Crippen molar-refractivity contribution in [2.24, 2.45) is 0 Å². The van der Waals surface area contributed by atoms with Crippen LogP contribution < -0.4 is 4.74 Å². The third-order valence-electron chi connectivity index (χ3n) is 3.77. The Hall–Kier alpha value is -2.91. The molecule has 0 radical (unpaired) electrons. The number of halogens is 1. The summed E-state index contributed by atoms with van der Waals surface area (Å²) in [4.78, 5) is 0. The van der Waals surface area contributed by atoms with Crippen molar-refractivity contribution in [3.63, 3.8) is 0 Å². The van der Waals surface area contributed by atoms with Crippen molar-refractivity contribution in [2.45, 2.75) is 24.0 Å². The molecule has 4 aromatic rings. The summed E-state index contributed by atoms with van der Waals surface area (Å²) < 4.78 is 13.0. The Morgan fingerprint density at radius 3 is 2.68 bits per heavy atom. The number of ether oxygens (including phenoxy) is 1. The molecule has 0 saturated carbocycles. The predicted molar refractivity (Wildman–Crippen MR) is 104 cm³/mol. The van der Waals surface area contributed by atoms with Gasteiger partial charge in [-0.3, -0.25) is 0 Å². The lowest BCUT2D eigenvalue weighted by Crippen LogP contribution is -2.04. The van der Waals surface area contributed by atoms with Crippen LogP contribution in [0.5, 0.6) is 5.75 Å². The highest BCUT2D eigenvalue weighted by molar-refractivity contribution is 7.99. The molecular weight excluding hydrogens is 400 g/mol. The van der Waals surface area contributed by atoms with Gasteiger partial charge in [-0.1, -0.05) is 53.7 Å². The summed E-state index contributed by atoms with van der Waals surface area (Å²) in [6.07, 6.45) is 0. The van der Waals surface area contributed by atoms with E-state index in [0.717, 1.165) is 5.69 Å². The van der Waals surface area contributed by atoms with Crippen molar-refractivity contribution in [3.8, 4) is 11.4 Å². The normalized spacial score (nSPS) is 12.1. The Bertz CT molecular complexity index is 1050. The van der Waals surface area contributed by atoms with Gasteiger partial charge < -0.3 is 9.15 Å². The predicted octanol–water partition coefficient (Wildman–Crippen LogP) is 4.13. The molecule has 0 saturated heterocycles. The standard InChI is InChI=1S/C18H15ClN6O2S/c1-12(17-21-23-24-25(17)13-7-3-2-4-8-13)28-18-22-20-16(27-18)11-26-15-10-6-5-9-14(15)19/h2-10,12H,11H2,1H3/t12-/m1/s1. The molecule has 0 N–H and O–H groups in total. The summed E-state index contributed by atoms with van der Waals surface area (Å²) in [5.74, 6) is 1.60. The number of tetrazole rings is 1. The van der Waals surface area contributed by atoms with Crippen molar-refractivity contribution in [3.05, 3.63) is 71.3 Å². The lowest BCUT2D eigenvalue weighted by molar-refractivity contribution is 0.252. The number of hydrogen-bond donors (Lipinski definition) is 0. The molecule has 1 atom stereocenters. The van der Waals surface area contributed by atoms with Crippen LogP contribution in [0.1, 0.15) is 23.9 Å². The third-order valence-corrected chi connectivity index (χ3v) is 5.01. The van der Waals surface area contributed by atoms with Gasteiger partial charge in [0.15, 0.2) is 12.4 Å². The van der Waals surface area contributed by atoms with E-state index in [1.807, 2.05) is 49.4 Å². The van der Waals surface area contributed by atoms with Gasteiger partial charge in [0.1, 0.15) is 5.75 Å². The van der Waals surface area contributed by atoms with Gasteiger partial charge in [0.2, 0.25) is 0 Å². The summed E-state index contributed by atoms with van der Waals surface area (Å²) >= 11 is 7.44. The van der Waals surface area contributed by atoms with E-state index in [0.29, 0.717) is 27.7 Å². The van der Waals surface area contributed by atoms with Gasteiger partial charge >= 0.3 is 0 Å². The van der Waals surface area contributed by atoms with Crippen LogP contribution in [0, 0.1) is 0 Å². The fourth-order valence-corrected chi connectivity index (χ4v) is 3.43. The number of hydrogen-bond acceptors (Lipinski definition) is 8. The molecule has 0 spiro atoms. The van der Waals surface area contributed by atoms with E-state index in [-0.39, 0.29) is 11.9 Å². The van der Waals surface area contributed by atoms with E-state index < -0.39 is 0 Å². The molecule has 10 heteroatoms. The summed E-state index contributed by atoms with van der Waals surface area (Å²) in [5.41, 5.74) is 0.884. The molecule has 0 fully saturated rings.